The van der Waals surface area contributed by atoms with Crippen molar-refractivity contribution in [1.29, 1.82) is 0 Å². The van der Waals surface area contributed by atoms with Crippen LogP contribution in [0.25, 0.3) is 15.8 Å². The van der Waals surface area contributed by atoms with Crippen molar-refractivity contribution in [1.82, 2.24) is 5.32 Å². The summed E-state index contributed by atoms with van der Waals surface area (Å²) in [6.45, 7) is 2.11. The zero-order valence-corrected chi connectivity index (χ0v) is 11.1. The molecular formula is C13H13NOS2. The molecule has 0 bridgehead atoms. The number of hydrogen-bond acceptors (Lipinski definition) is 3. The van der Waals surface area contributed by atoms with Gasteiger partial charge in [-0.15, -0.1) is 22.7 Å². The lowest BCUT2D eigenvalue weighted by Gasteiger charge is -1.93. The van der Waals surface area contributed by atoms with Crippen LogP contribution in [-0.2, 0) is 4.79 Å². The summed E-state index contributed by atoms with van der Waals surface area (Å²) in [5.74, 6) is 0.0000965. The minimum Gasteiger partial charge on any atom is -0.353 e. The third kappa shape index (κ3) is 3.54. The molecule has 1 amide bonds. The summed E-state index contributed by atoms with van der Waals surface area (Å²) >= 11 is 3.51. The van der Waals surface area contributed by atoms with Crippen LogP contribution < -0.4 is 5.32 Å². The van der Waals surface area contributed by atoms with Crippen molar-refractivity contribution in [3.63, 3.8) is 0 Å². The second kappa shape index (κ2) is 5.80. The smallest absolute Gasteiger partial charge is 0.217 e. The van der Waals surface area contributed by atoms with Crippen molar-refractivity contribution < 1.29 is 4.79 Å². The van der Waals surface area contributed by atoms with Crippen molar-refractivity contribution in [2.24, 2.45) is 0 Å². The first-order chi connectivity index (χ1) is 8.25. The van der Waals surface area contributed by atoms with E-state index in [2.05, 4.69) is 35.0 Å². The van der Waals surface area contributed by atoms with Gasteiger partial charge in [-0.25, -0.2) is 0 Å². The number of carbonyl (C=O) groups is 1. The molecule has 2 heterocycles. The highest BCUT2D eigenvalue weighted by Gasteiger charge is 2.01. The molecule has 2 aromatic heterocycles. The minimum absolute atomic E-state index is 0.0000965. The molecule has 0 saturated carbocycles. The van der Waals surface area contributed by atoms with Gasteiger partial charge in [-0.2, -0.15) is 0 Å². The molecule has 0 aliphatic carbocycles. The Morgan fingerprint density at radius 3 is 2.94 bits per heavy atom. The Kier molecular flexibility index (Phi) is 4.12. The summed E-state index contributed by atoms with van der Waals surface area (Å²) in [4.78, 5) is 14.5. The second-order valence-electron chi connectivity index (χ2n) is 3.52. The fraction of sp³-hybridized carbons (Fsp3) is 0.154. The third-order valence-electron chi connectivity index (χ3n) is 2.14. The summed E-state index contributed by atoms with van der Waals surface area (Å²) in [5.41, 5.74) is 0. The van der Waals surface area contributed by atoms with Gasteiger partial charge in [0.2, 0.25) is 5.91 Å². The van der Waals surface area contributed by atoms with Crippen LogP contribution in [0.15, 0.2) is 35.7 Å². The number of nitrogens with one attached hydrogen (secondary N) is 1. The van der Waals surface area contributed by atoms with E-state index in [0.717, 1.165) is 0 Å². The van der Waals surface area contributed by atoms with Gasteiger partial charge in [-0.3, -0.25) is 4.79 Å². The topological polar surface area (TPSA) is 29.1 Å². The van der Waals surface area contributed by atoms with Gasteiger partial charge in [0.25, 0.3) is 0 Å². The van der Waals surface area contributed by atoms with Gasteiger partial charge in [0.05, 0.1) is 0 Å². The zero-order valence-electron chi connectivity index (χ0n) is 9.47. The van der Waals surface area contributed by atoms with Crippen molar-refractivity contribution >= 4 is 34.7 Å². The Morgan fingerprint density at radius 2 is 2.24 bits per heavy atom. The predicted octanol–water partition coefficient (Wildman–Crippen LogP) is 3.63. The Hall–Kier alpha value is -1.39. The van der Waals surface area contributed by atoms with E-state index in [1.165, 1.54) is 21.6 Å². The molecule has 2 nitrogen and oxygen atoms in total. The quantitative estimate of drug-likeness (QED) is 0.896. The maximum Gasteiger partial charge on any atom is 0.217 e. The Balaban J connectivity index is 1.97. The lowest BCUT2D eigenvalue weighted by atomic mass is 10.3. The van der Waals surface area contributed by atoms with E-state index in [9.17, 15) is 4.79 Å². The first kappa shape index (κ1) is 12.1. The summed E-state index contributed by atoms with van der Waals surface area (Å²) in [6.07, 6.45) is 4.00. The van der Waals surface area contributed by atoms with Gasteiger partial charge >= 0.3 is 0 Å². The van der Waals surface area contributed by atoms with E-state index in [4.69, 9.17) is 0 Å². The van der Waals surface area contributed by atoms with Crippen LogP contribution in [0.4, 0.5) is 0 Å². The number of thiophene rings is 2. The van der Waals surface area contributed by atoms with Crippen LogP contribution in [0.2, 0.25) is 0 Å². The maximum absolute atomic E-state index is 10.7. The zero-order chi connectivity index (χ0) is 12.1. The normalized spacial score (nSPS) is 10.9. The molecule has 0 aromatic carbocycles. The fourth-order valence-electron chi connectivity index (χ4n) is 1.37. The first-order valence-electron chi connectivity index (χ1n) is 5.30. The second-order valence-corrected chi connectivity index (χ2v) is 5.58. The van der Waals surface area contributed by atoms with Crippen LogP contribution in [0.1, 0.15) is 11.8 Å². The molecule has 0 atom stereocenters. The summed E-state index contributed by atoms with van der Waals surface area (Å²) in [6, 6.07) is 8.42. The Labute approximate surface area is 109 Å². The molecule has 1 N–H and O–H groups in total. The molecule has 0 saturated heterocycles. The van der Waals surface area contributed by atoms with Gasteiger partial charge in [-0.1, -0.05) is 12.1 Å². The van der Waals surface area contributed by atoms with Crippen LogP contribution >= 0.6 is 22.7 Å². The van der Waals surface area contributed by atoms with Gasteiger partial charge in [0.15, 0.2) is 0 Å². The Bertz CT molecular complexity index is 511. The highest BCUT2D eigenvalue weighted by atomic mass is 32.1. The van der Waals surface area contributed by atoms with E-state index in [1.54, 1.807) is 22.7 Å². The largest absolute Gasteiger partial charge is 0.353 e. The van der Waals surface area contributed by atoms with Gasteiger partial charge < -0.3 is 5.32 Å². The van der Waals surface area contributed by atoms with E-state index < -0.39 is 0 Å². The van der Waals surface area contributed by atoms with Crippen LogP contribution in [0, 0.1) is 0 Å². The molecule has 0 radical (unpaired) electrons. The monoisotopic (exact) mass is 263 g/mol. The van der Waals surface area contributed by atoms with E-state index in [-0.39, 0.29) is 5.91 Å². The maximum atomic E-state index is 10.7. The molecule has 0 fully saturated rings. The number of carbonyl (C=O) groups excluding carboxylic acids is 1. The predicted molar refractivity (Wildman–Crippen MR) is 75.3 cm³/mol. The highest BCUT2D eigenvalue weighted by molar-refractivity contribution is 7.21. The van der Waals surface area contributed by atoms with Crippen LogP contribution in [0.5, 0.6) is 0 Å². The van der Waals surface area contributed by atoms with Gasteiger partial charge in [-0.05, 0) is 29.7 Å². The molecule has 4 heteroatoms. The molecule has 0 aliphatic rings. The van der Waals surface area contributed by atoms with Crippen molar-refractivity contribution in [3.8, 4) is 9.75 Å². The molecule has 0 spiro atoms. The average molecular weight is 263 g/mol. The van der Waals surface area contributed by atoms with E-state index in [1.807, 2.05) is 12.2 Å². The molecule has 0 unspecified atom stereocenters. The Morgan fingerprint density at radius 1 is 1.35 bits per heavy atom. The third-order valence-corrected chi connectivity index (χ3v) is 4.26. The van der Waals surface area contributed by atoms with Crippen molar-refractivity contribution in [2.75, 3.05) is 6.54 Å². The molecule has 17 heavy (non-hydrogen) atoms. The van der Waals surface area contributed by atoms with E-state index in [0.29, 0.717) is 6.54 Å². The van der Waals surface area contributed by atoms with Crippen molar-refractivity contribution in [3.05, 3.63) is 40.6 Å². The van der Waals surface area contributed by atoms with Crippen LogP contribution in [0.3, 0.4) is 0 Å². The minimum atomic E-state index is 0.0000965. The van der Waals surface area contributed by atoms with Crippen LogP contribution in [-0.4, -0.2) is 12.5 Å². The van der Waals surface area contributed by atoms with Gasteiger partial charge in [0.1, 0.15) is 0 Å². The lowest BCUT2D eigenvalue weighted by Crippen LogP contribution is -2.19. The molecule has 0 aliphatic heterocycles. The molecule has 2 aromatic rings. The molecular weight excluding hydrogens is 250 g/mol. The summed E-state index contributed by atoms with van der Waals surface area (Å²) in [7, 11) is 0. The number of amides is 1. The SMILES string of the molecule is CC(=O)NCC=Cc1ccc(-c2cccs2)s1. The first-order valence-corrected chi connectivity index (χ1v) is 7.00. The standard InChI is InChI=1S/C13H13NOS2/c1-10(15)14-8-2-4-11-6-7-13(17-11)12-5-3-9-16-12/h2-7,9H,8H2,1H3,(H,14,15). The lowest BCUT2D eigenvalue weighted by molar-refractivity contribution is -0.118. The molecule has 2 rings (SSSR count). The number of hydrogen-bond donors (Lipinski definition) is 1. The number of rotatable bonds is 4. The van der Waals surface area contributed by atoms with Gasteiger partial charge in [0, 0.05) is 28.1 Å². The average Bonchev–Trinajstić information content (AvgIpc) is 2.94. The highest BCUT2D eigenvalue weighted by Crippen LogP contribution is 2.31. The fourth-order valence-corrected chi connectivity index (χ4v) is 3.14. The van der Waals surface area contributed by atoms with Crippen molar-refractivity contribution in [2.45, 2.75) is 6.92 Å². The van der Waals surface area contributed by atoms with E-state index >= 15 is 0 Å². The molecule has 88 valence electrons. The summed E-state index contributed by atoms with van der Waals surface area (Å²) in [5, 5.41) is 4.82. The summed E-state index contributed by atoms with van der Waals surface area (Å²) < 4.78 is 0.